The Morgan fingerprint density at radius 2 is 1.89 bits per heavy atom. The lowest BCUT2D eigenvalue weighted by atomic mass is 10.1. The quantitative estimate of drug-likeness (QED) is 0.493. The Kier molecular flexibility index (Phi) is 6.02. The summed E-state index contributed by atoms with van der Waals surface area (Å²) in [5.41, 5.74) is 0.634. The number of esters is 1. The summed E-state index contributed by atoms with van der Waals surface area (Å²) in [6.07, 6.45) is 2.79. The van der Waals surface area contributed by atoms with Crippen molar-refractivity contribution in [2.24, 2.45) is 0 Å². The maximum absolute atomic E-state index is 11.3. The molecule has 0 saturated carbocycles. The van der Waals surface area contributed by atoms with E-state index in [1.165, 1.54) is 26.4 Å². The maximum atomic E-state index is 11.3. The molecule has 1 rings (SSSR count). The molecule has 0 unspecified atom stereocenters. The number of alkyl halides is 1. The molecular formula is C13H15ClO5. The van der Waals surface area contributed by atoms with Crippen molar-refractivity contribution in [1.29, 1.82) is 0 Å². The number of phenols is 1. The van der Waals surface area contributed by atoms with Crippen LogP contribution in [0.2, 0.25) is 0 Å². The number of methoxy groups -OCH3 is 2. The van der Waals surface area contributed by atoms with E-state index in [1.54, 1.807) is 12.1 Å². The number of benzene rings is 1. The number of phenolic OH excluding ortho intramolecular Hbond substituents is 1. The van der Waals surface area contributed by atoms with Crippen LogP contribution in [0.25, 0.3) is 6.08 Å². The second-order valence-electron chi connectivity index (χ2n) is 3.46. The molecule has 1 aromatic rings. The Bertz CT molecular complexity index is 445. The van der Waals surface area contributed by atoms with Crippen LogP contribution in [-0.4, -0.2) is 37.8 Å². The fraction of sp³-hybridized carbons (Fsp3) is 0.308. The van der Waals surface area contributed by atoms with Gasteiger partial charge in [-0.1, -0.05) is 0 Å². The predicted octanol–water partition coefficient (Wildman–Crippen LogP) is 2.20. The van der Waals surface area contributed by atoms with Gasteiger partial charge in [0.1, 0.15) is 6.61 Å². The molecule has 0 amide bonds. The lowest BCUT2D eigenvalue weighted by molar-refractivity contribution is -0.137. The molecular weight excluding hydrogens is 272 g/mol. The van der Waals surface area contributed by atoms with Crippen LogP contribution >= 0.6 is 11.6 Å². The van der Waals surface area contributed by atoms with E-state index in [2.05, 4.69) is 0 Å². The van der Waals surface area contributed by atoms with Gasteiger partial charge in [-0.05, 0) is 23.8 Å². The molecule has 0 aliphatic carbocycles. The second kappa shape index (κ2) is 7.53. The SMILES string of the molecule is COc1cc(/C=C/C(=O)OCCCl)cc(OC)c1O. The molecule has 0 fully saturated rings. The van der Waals surface area contributed by atoms with Gasteiger partial charge in [0, 0.05) is 6.08 Å². The molecule has 0 aromatic heterocycles. The van der Waals surface area contributed by atoms with E-state index in [9.17, 15) is 9.90 Å². The van der Waals surface area contributed by atoms with Gasteiger partial charge in [0.05, 0.1) is 20.1 Å². The van der Waals surface area contributed by atoms with E-state index < -0.39 is 5.97 Å². The predicted molar refractivity (Wildman–Crippen MR) is 71.9 cm³/mol. The van der Waals surface area contributed by atoms with Crippen molar-refractivity contribution in [3.05, 3.63) is 23.8 Å². The highest BCUT2D eigenvalue weighted by Gasteiger charge is 2.10. The molecule has 1 aromatic carbocycles. The van der Waals surface area contributed by atoms with Gasteiger partial charge in [0.2, 0.25) is 5.75 Å². The van der Waals surface area contributed by atoms with Gasteiger partial charge in [-0.2, -0.15) is 0 Å². The van der Waals surface area contributed by atoms with E-state index in [1.807, 2.05) is 0 Å². The molecule has 5 nitrogen and oxygen atoms in total. The summed E-state index contributed by atoms with van der Waals surface area (Å²) in [5.74, 6) is 0.181. The first-order valence-electron chi connectivity index (χ1n) is 5.48. The van der Waals surface area contributed by atoms with Crippen LogP contribution in [-0.2, 0) is 9.53 Å². The number of carbonyl (C=O) groups excluding carboxylic acids is 1. The van der Waals surface area contributed by atoms with E-state index in [4.69, 9.17) is 25.8 Å². The zero-order chi connectivity index (χ0) is 14.3. The van der Waals surface area contributed by atoms with Gasteiger partial charge >= 0.3 is 5.97 Å². The van der Waals surface area contributed by atoms with Crippen molar-refractivity contribution in [3.8, 4) is 17.2 Å². The summed E-state index contributed by atoms with van der Waals surface area (Å²) in [4.78, 5) is 11.3. The van der Waals surface area contributed by atoms with Crippen LogP contribution in [0.4, 0.5) is 0 Å². The summed E-state index contributed by atoms with van der Waals surface area (Å²) < 4.78 is 14.8. The molecule has 1 N–H and O–H groups in total. The minimum atomic E-state index is -0.494. The number of ether oxygens (including phenoxy) is 3. The lowest BCUT2D eigenvalue weighted by Gasteiger charge is -2.09. The third-order valence-electron chi connectivity index (χ3n) is 2.24. The van der Waals surface area contributed by atoms with Crippen molar-refractivity contribution in [1.82, 2.24) is 0 Å². The van der Waals surface area contributed by atoms with Crippen molar-refractivity contribution < 1.29 is 24.1 Å². The highest BCUT2D eigenvalue weighted by molar-refractivity contribution is 6.18. The lowest BCUT2D eigenvalue weighted by Crippen LogP contribution is -2.02. The van der Waals surface area contributed by atoms with E-state index in [-0.39, 0.29) is 29.7 Å². The number of aromatic hydroxyl groups is 1. The Hall–Kier alpha value is -1.88. The highest BCUT2D eigenvalue weighted by atomic mass is 35.5. The van der Waals surface area contributed by atoms with Crippen molar-refractivity contribution in [2.75, 3.05) is 26.7 Å². The first-order valence-corrected chi connectivity index (χ1v) is 6.01. The first-order chi connectivity index (χ1) is 9.12. The zero-order valence-corrected chi connectivity index (χ0v) is 11.4. The highest BCUT2D eigenvalue weighted by Crippen LogP contribution is 2.37. The number of rotatable bonds is 6. The zero-order valence-electron chi connectivity index (χ0n) is 10.7. The van der Waals surface area contributed by atoms with E-state index >= 15 is 0 Å². The molecule has 104 valence electrons. The molecule has 0 atom stereocenters. The molecule has 0 heterocycles. The average molecular weight is 287 g/mol. The smallest absolute Gasteiger partial charge is 0.330 e. The molecule has 19 heavy (non-hydrogen) atoms. The molecule has 0 saturated heterocycles. The Morgan fingerprint density at radius 1 is 1.32 bits per heavy atom. The molecule has 0 bridgehead atoms. The molecule has 0 radical (unpaired) electrons. The second-order valence-corrected chi connectivity index (χ2v) is 3.84. The fourth-order valence-corrected chi connectivity index (χ4v) is 1.44. The van der Waals surface area contributed by atoms with Gasteiger partial charge in [-0.25, -0.2) is 4.79 Å². The van der Waals surface area contributed by atoms with Crippen LogP contribution in [0.15, 0.2) is 18.2 Å². The summed E-state index contributed by atoms with van der Waals surface area (Å²) in [5, 5.41) is 9.73. The van der Waals surface area contributed by atoms with E-state index in [0.29, 0.717) is 5.56 Å². The summed E-state index contributed by atoms with van der Waals surface area (Å²) >= 11 is 5.40. The third kappa shape index (κ3) is 4.37. The first kappa shape index (κ1) is 15.2. The third-order valence-corrected chi connectivity index (χ3v) is 2.39. The number of hydrogen-bond acceptors (Lipinski definition) is 5. The molecule has 6 heteroatoms. The molecule has 0 spiro atoms. The van der Waals surface area contributed by atoms with Crippen LogP contribution in [0, 0.1) is 0 Å². The van der Waals surface area contributed by atoms with Crippen molar-refractivity contribution in [3.63, 3.8) is 0 Å². The van der Waals surface area contributed by atoms with Crippen LogP contribution < -0.4 is 9.47 Å². The normalized spacial score (nSPS) is 10.5. The Morgan fingerprint density at radius 3 is 2.37 bits per heavy atom. The molecule has 0 aliphatic heterocycles. The van der Waals surface area contributed by atoms with Crippen molar-refractivity contribution in [2.45, 2.75) is 0 Å². The van der Waals surface area contributed by atoms with Gasteiger partial charge in [0.25, 0.3) is 0 Å². The van der Waals surface area contributed by atoms with Crippen LogP contribution in [0.1, 0.15) is 5.56 Å². The standard InChI is InChI=1S/C13H15ClO5/c1-17-10-7-9(8-11(18-2)13(10)16)3-4-12(15)19-6-5-14/h3-4,7-8,16H,5-6H2,1-2H3/b4-3+. The average Bonchev–Trinajstić information content (AvgIpc) is 2.43. The van der Waals surface area contributed by atoms with Crippen LogP contribution in [0.3, 0.4) is 0 Å². The Labute approximate surface area is 116 Å². The van der Waals surface area contributed by atoms with Gasteiger partial charge < -0.3 is 19.3 Å². The van der Waals surface area contributed by atoms with E-state index in [0.717, 1.165) is 0 Å². The minimum absolute atomic E-state index is 0.0909. The summed E-state index contributed by atoms with van der Waals surface area (Å²) in [6.45, 7) is 0.160. The summed E-state index contributed by atoms with van der Waals surface area (Å²) in [6, 6.07) is 3.15. The summed E-state index contributed by atoms with van der Waals surface area (Å²) in [7, 11) is 2.85. The molecule has 0 aliphatic rings. The monoisotopic (exact) mass is 286 g/mol. The number of carbonyl (C=O) groups is 1. The largest absolute Gasteiger partial charge is 0.502 e. The fourth-order valence-electron chi connectivity index (χ4n) is 1.36. The minimum Gasteiger partial charge on any atom is -0.502 e. The topological polar surface area (TPSA) is 65.0 Å². The number of hydrogen-bond donors (Lipinski definition) is 1. The number of halogens is 1. The van der Waals surface area contributed by atoms with Gasteiger partial charge in [-0.15, -0.1) is 11.6 Å². The van der Waals surface area contributed by atoms with Gasteiger partial charge in [-0.3, -0.25) is 0 Å². The Balaban J connectivity index is 2.89. The van der Waals surface area contributed by atoms with Crippen molar-refractivity contribution >= 4 is 23.6 Å². The van der Waals surface area contributed by atoms with Gasteiger partial charge in [0.15, 0.2) is 11.5 Å². The maximum Gasteiger partial charge on any atom is 0.330 e. The van der Waals surface area contributed by atoms with Crippen LogP contribution in [0.5, 0.6) is 17.2 Å².